The number of thiophene rings is 1. The highest BCUT2D eigenvalue weighted by Crippen LogP contribution is 2.44. The van der Waals surface area contributed by atoms with Crippen LogP contribution < -0.4 is 15.2 Å². The van der Waals surface area contributed by atoms with Gasteiger partial charge in [0.2, 0.25) is 0 Å². The van der Waals surface area contributed by atoms with Gasteiger partial charge in [-0.05, 0) is 50.5 Å². The molecule has 0 aliphatic carbocycles. The van der Waals surface area contributed by atoms with Gasteiger partial charge >= 0.3 is 6.18 Å². The summed E-state index contributed by atoms with van der Waals surface area (Å²) in [6.45, 7) is 2.50. The van der Waals surface area contributed by atoms with E-state index in [-0.39, 0.29) is 38.4 Å². The molecule has 4 rings (SSSR count). The van der Waals surface area contributed by atoms with Crippen molar-refractivity contribution in [2.45, 2.75) is 38.4 Å². The van der Waals surface area contributed by atoms with E-state index in [2.05, 4.69) is 4.98 Å². The van der Waals surface area contributed by atoms with Gasteiger partial charge in [0.05, 0.1) is 31.2 Å². The number of fused-ring (bicyclic) bond motifs is 1. The lowest BCUT2D eigenvalue weighted by Crippen LogP contribution is -2.41. The predicted octanol–water partition coefficient (Wildman–Crippen LogP) is 5.60. The Balaban J connectivity index is 1.88. The molecule has 33 heavy (non-hydrogen) atoms. The summed E-state index contributed by atoms with van der Waals surface area (Å²) in [6.07, 6.45) is -1.95. The summed E-state index contributed by atoms with van der Waals surface area (Å²) in [7, 11) is 2.92. The Morgan fingerprint density at radius 2 is 1.91 bits per heavy atom. The Bertz CT molecular complexity index is 1210. The van der Waals surface area contributed by atoms with Gasteiger partial charge in [-0.25, -0.2) is 4.98 Å². The first-order chi connectivity index (χ1) is 15.7. The third kappa shape index (κ3) is 4.19. The van der Waals surface area contributed by atoms with Crippen LogP contribution in [0.5, 0.6) is 11.5 Å². The fourth-order valence-corrected chi connectivity index (χ4v) is 5.25. The number of nitrogens with two attached hydrogens (primary N) is 1. The number of aromatic nitrogens is 1. The second-order valence-electron chi connectivity index (χ2n) is 7.99. The van der Waals surface area contributed by atoms with Crippen molar-refractivity contribution in [2.75, 3.05) is 26.5 Å². The molecule has 1 amide bonds. The lowest BCUT2D eigenvalue weighted by atomic mass is 10.0. The van der Waals surface area contributed by atoms with Crippen molar-refractivity contribution in [1.82, 2.24) is 9.88 Å². The van der Waals surface area contributed by atoms with E-state index in [0.717, 1.165) is 36.7 Å². The third-order valence-electron chi connectivity index (χ3n) is 5.94. The SMILES string of the molecule is COc1ccc(-c2cc(C(F)(F)F)c3c(N)c(C(=O)N4CCCC[C@@H]4C)sc3n2)cc1OC. The largest absolute Gasteiger partial charge is 0.493 e. The average molecular weight is 480 g/mol. The number of alkyl halides is 3. The first kappa shape index (κ1) is 23.2. The molecule has 6 nitrogen and oxygen atoms in total. The molecular formula is C23H24F3N3O3S. The summed E-state index contributed by atoms with van der Waals surface area (Å²) in [5.74, 6) is 0.469. The standard InChI is InChI=1S/C23H24F3N3O3S/c1-12-6-4-5-9-29(12)22(30)20-19(27)18-14(23(24,25)26)11-15(28-21(18)33-20)13-7-8-16(31-2)17(10-13)32-3/h7-8,10-12H,4-6,9,27H2,1-3H3/t12-/m0/s1. The van der Waals surface area contributed by atoms with Gasteiger partial charge in [-0.2, -0.15) is 13.2 Å². The number of amides is 1. The predicted molar refractivity (Wildman–Crippen MR) is 122 cm³/mol. The van der Waals surface area contributed by atoms with Crippen LogP contribution in [0.15, 0.2) is 24.3 Å². The van der Waals surface area contributed by atoms with E-state index >= 15 is 0 Å². The van der Waals surface area contributed by atoms with E-state index in [4.69, 9.17) is 15.2 Å². The molecule has 2 aromatic heterocycles. The van der Waals surface area contributed by atoms with Crippen molar-refractivity contribution in [3.05, 3.63) is 34.7 Å². The average Bonchev–Trinajstić information content (AvgIpc) is 3.13. The monoisotopic (exact) mass is 479 g/mol. The Labute approximate surface area is 193 Å². The molecule has 0 unspecified atom stereocenters. The van der Waals surface area contributed by atoms with Crippen LogP contribution in [-0.2, 0) is 6.18 Å². The molecule has 1 aliphatic heterocycles. The first-order valence-electron chi connectivity index (χ1n) is 10.5. The fourth-order valence-electron chi connectivity index (χ4n) is 4.18. The van der Waals surface area contributed by atoms with Gasteiger partial charge in [0.25, 0.3) is 5.91 Å². The number of benzene rings is 1. The molecule has 10 heteroatoms. The van der Waals surface area contributed by atoms with Gasteiger partial charge in [0.1, 0.15) is 9.71 Å². The molecule has 2 N–H and O–H groups in total. The normalized spacial score (nSPS) is 16.8. The molecule has 3 heterocycles. The number of hydrogen-bond acceptors (Lipinski definition) is 6. The van der Waals surface area contributed by atoms with Crippen molar-refractivity contribution in [3.8, 4) is 22.8 Å². The summed E-state index contributed by atoms with van der Waals surface area (Å²) < 4.78 is 52.7. The molecule has 0 bridgehead atoms. The number of nitrogen functional groups attached to an aromatic ring is 1. The number of rotatable bonds is 4. The zero-order valence-electron chi connectivity index (χ0n) is 18.5. The summed E-state index contributed by atoms with van der Waals surface area (Å²) in [6, 6.07) is 5.74. The molecule has 1 aliphatic rings. The molecule has 1 fully saturated rings. The molecule has 1 aromatic carbocycles. The minimum Gasteiger partial charge on any atom is -0.493 e. The van der Waals surface area contributed by atoms with Crippen molar-refractivity contribution in [3.63, 3.8) is 0 Å². The number of pyridine rings is 1. The first-order valence-corrected chi connectivity index (χ1v) is 11.3. The number of nitrogens with zero attached hydrogens (tertiary/aromatic N) is 2. The number of halogens is 3. The Morgan fingerprint density at radius 1 is 1.18 bits per heavy atom. The Hall–Kier alpha value is -3.01. The summed E-state index contributed by atoms with van der Waals surface area (Å²) in [4.78, 5) is 19.5. The van der Waals surface area contributed by atoms with Gasteiger partial charge in [-0.15, -0.1) is 11.3 Å². The van der Waals surface area contributed by atoms with E-state index in [1.54, 1.807) is 23.1 Å². The molecule has 0 spiro atoms. The number of hydrogen-bond donors (Lipinski definition) is 1. The van der Waals surface area contributed by atoms with Gasteiger partial charge in [-0.1, -0.05) is 0 Å². The van der Waals surface area contributed by atoms with E-state index < -0.39 is 11.7 Å². The molecule has 176 valence electrons. The van der Waals surface area contributed by atoms with Crippen LogP contribution in [0.3, 0.4) is 0 Å². The third-order valence-corrected chi connectivity index (χ3v) is 7.03. The summed E-state index contributed by atoms with van der Waals surface area (Å²) in [5, 5.41) is -0.232. The molecule has 1 saturated heterocycles. The summed E-state index contributed by atoms with van der Waals surface area (Å²) in [5.41, 5.74) is 5.58. The van der Waals surface area contributed by atoms with Crippen LogP contribution in [0.2, 0.25) is 0 Å². The van der Waals surface area contributed by atoms with Gasteiger partial charge in [-0.3, -0.25) is 4.79 Å². The molecular weight excluding hydrogens is 455 g/mol. The highest BCUT2D eigenvalue weighted by Gasteiger charge is 2.37. The Morgan fingerprint density at radius 3 is 2.55 bits per heavy atom. The maximum Gasteiger partial charge on any atom is 0.417 e. The molecule has 1 atom stereocenters. The number of piperidine rings is 1. The maximum atomic E-state index is 14.1. The van der Waals surface area contributed by atoms with Crippen LogP contribution in [0.1, 0.15) is 41.4 Å². The zero-order valence-corrected chi connectivity index (χ0v) is 19.3. The van der Waals surface area contributed by atoms with E-state index in [1.165, 1.54) is 14.2 Å². The van der Waals surface area contributed by atoms with Crippen LogP contribution in [0.4, 0.5) is 18.9 Å². The zero-order chi connectivity index (χ0) is 23.9. The minimum absolute atomic E-state index is 0.00762. The van der Waals surface area contributed by atoms with E-state index in [1.807, 2.05) is 6.92 Å². The van der Waals surface area contributed by atoms with Crippen LogP contribution in [0, 0.1) is 0 Å². The van der Waals surface area contributed by atoms with Gasteiger partial charge in [0.15, 0.2) is 11.5 Å². The number of ether oxygens (including phenoxy) is 2. The van der Waals surface area contributed by atoms with Crippen LogP contribution in [-0.4, -0.2) is 42.6 Å². The maximum absolute atomic E-state index is 14.1. The topological polar surface area (TPSA) is 77.7 Å². The highest BCUT2D eigenvalue weighted by molar-refractivity contribution is 7.21. The molecule has 0 saturated carbocycles. The lowest BCUT2D eigenvalue weighted by molar-refractivity contribution is -0.136. The number of carbonyl (C=O) groups is 1. The van der Waals surface area contributed by atoms with Crippen molar-refractivity contribution < 1.29 is 27.4 Å². The van der Waals surface area contributed by atoms with Crippen molar-refractivity contribution in [2.24, 2.45) is 0 Å². The Kier molecular flexibility index (Phi) is 6.13. The van der Waals surface area contributed by atoms with E-state index in [0.29, 0.717) is 23.6 Å². The van der Waals surface area contributed by atoms with Gasteiger partial charge in [0, 0.05) is 23.5 Å². The number of anilines is 1. The summed E-state index contributed by atoms with van der Waals surface area (Å²) >= 11 is 0.901. The number of methoxy groups -OCH3 is 2. The number of carbonyl (C=O) groups excluding carboxylic acids is 1. The number of likely N-dealkylation sites (tertiary alicyclic amines) is 1. The second-order valence-corrected chi connectivity index (χ2v) is 8.99. The lowest BCUT2D eigenvalue weighted by Gasteiger charge is -2.33. The second kappa shape index (κ2) is 8.74. The quantitative estimate of drug-likeness (QED) is 0.527. The molecule has 3 aromatic rings. The van der Waals surface area contributed by atoms with Crippen molar-refractivity contribution >= 4 is 33.1 Å². The van der Waals surface area contributed by atoms with Crippen molar-refractivity contribution in [1.29, 1.82) is 0 Å². The minimum atomic E-state index is -4.68. The van der Waals surface area contributed by atoms with Gasteiger partial charge < -0.3 is 20.1 Å². The van der Waals surface area contributed by atoms with E-state index in [9.17, 15) is 18.0 Å². The fraction of sp³-hybridized carbons (Fsp3) is 0.391. The van der Waals surface area contributed by atoms with Crippen LogP contribution in [0.25, 0.3) is 21.5 Å². The highest BCUT2D eigenvalue weighted by atomic mass is 32.1. The smallest absolute Gasteiger partial charge is 0.417 e. The molecule has 0 radical (unpaired) electrons. The van der Waals surface area contributed by atoms with Crippen LogP contribution >= 0.6 is 11.3 Å².